The maximum absolute atomic E-state index is 13.4. The fraction of sp³-hybridized carbons (Fsp3) is 0.421. The van der Waals surface area contributed by atoms with Gasteiger partial charge in [0.2, 0.25) is 5.88 Å². The first-order valence-corrected chi connectivity index (χ1v) is 11.4. The predicted molar refractivity (Wildman–Crippen MR) is 115 cm³/mol. The first-order valence-electron chi connectivity index (χ1n) is 9.10. The molecule has 1 aromatic heterocycles. The molecule has 0 spiro atoms. The number of benzene rings is 1. The number of halogens is 4. The molecule has 0 aliphatic rings. The monoisotopic (exact) mass is 524 g/mol. The summed E-state index contributed by atoms with van der Waals surface area (Å²) in [6, 6.07) is 7.23. The van der Waals surface area contributed by atoms with Gasteiger partial charge in [0.1, 0.15) is 5.60 Å². The number of thiol groups is 1. The van der Waals surface area contributed by atoms with Gasteiger partial charge in [0, 0.05) is 23.5 Å². The summed E-state index contributed by atoms with van der Waals surface area (Å²) < 4.78 is 60.2. The van der Waals surface area contributed by atoms with Crippen molar-refractivity contribution in [2.45, 2.75) is 44.0 Å². The molecule has 12 heteroatoms. The molecule has 0 bridgehead atoms. The van der Waals surface area contributed by atoms with Gasteiger partial charge < -0.3 is 4.74 Å². The smallest absolute Gasteiger partial charge is 0.416 e. The molecular weight excluding hydrogens is 503 g/mol. The Labute approximate surface area is 188 Å². The van der Waals surface area contributed by atoms with Crippen LogP contribution < -0.4 is 4.74 Å². The van der Waals surface area contributed by atoms with Crippen LogP contribution in [0, 0.1) is 10.1 Å². The van der Waals surface area contributed by atoms with E-state index in [0.29, 0.717) is 5.33 Å². The minimum absolute atomic E-state index is 0.0124. The Morgan fingerprint density at radius 1 is 1.23 bits per heavy atom. The Balaban J connectivity index is 2.45. The van der Waals surface area contributed by atoms with E-state index in [1.165, 1.54) is 28.6 Å². The van der Waals surface area contributed by atoms with Crippen LogP contribution in [0.5, 0.6) is 5.88 Å². The van der Waals surface area contributed by atoms with E-state index in [2.05, 4.69) is 20.9 Å². The Hall–Kier alpha value is -2.05. The zero-order chi connectivity index (χ0) is 23.4. The van der Waals surface area contributed by atoms with Crippen molar-refractivity contribution in [3.05, 3.63) is 57.8 Å². The Bertz CT molecular complexity index is 967. The number of nitrogens with zero attached hydrogens (tertiary/aromatic N) is 3. The summed E-state index contributed by atoms with van der Waals surface area (Å²) >= 11 is 3.22. The molecule has 0 radical (unpaired) electrons. The quantitative estimate of drug-likeness (QED) is 0.158. The lowest BCUT2D eigenvalue weighted by molar-refractivity contribution is -0.387. The number of pyridine rings is 1. The van der Waals surface area contributed by atoms with Gasteiger partial charge in [0.05, 0.1) is 29.3 Å². The number of hydrogen-bond donors (Lipinski definition) is 0. The van der Waals surface area contributed by atoms with Gasteiger partial charge in [0.15, 0.2) is 11.0 Å². The molecule has 7 nitrogen and oxygen atoms in total. The van der Waals surface area contributed by atoms with E-state index in [1.54, 1.807) is 20.8 Å². The topological polar surface area (TPSA) is 85.6 Å². The standard InChI is InChI=1S/C19H21BrF3N3O4S/c1-18(2,3)30-17-11-13(19(21,22)23)10-14(24-17)12-25(9-8-20)31(29)16-7-5-4-6-15(16)26(27)28/h4-7,10-11H,8-9,12H2,1-3H3/p+1. The number of aromatic nitrogens is 1. The minimum Gasteiger partial charge on any atom is -0.472 e. The van der Waals surface area contributed by atoms with Gasteiger partial charge in [-0.15, -0.1) is 4.31 Å². The fourth-order valence-corrected chi connectivity index (χ4v) is 4.75. The Kier molecular flexibility index (Phi) is 8.17. The average Bonchev–Trinajstić information content (AvgIpc) is 2.65. The molecule has 0 aliphatic carbocycles. The van der Waals surface area contributed by atoms with E-state index in [-0.39, 0.29) is 35.2 Å². The van der Waals surface area contributed by atoms with Gasteiger partial charge in [-0.05, 0) is 26.8 Å². The highest BCUT2D eigenvalue weighted by molar-refractivity contribution is 9.09. The molecule has 1 heterocycles. The molecule has 0 amide bonds. The molecule has 0 fully saturated rings. The second-order valence-corrected chi connectivity index (χ2v) is 9.88. The van der Waals surface area contributed by atoms with Crippen molar-refractivity contribution in [2.75, 3.05) is 11.9 Å². The molecule has 170 valence electrons. The van der Waals surface area contributed by atoms with Crippen LogP contribution in [-0.2, 0) is 27.9 Å². The molecule has 2 rings (SSSR count). The third-order valence-electron chi connectivity index (χ3n) is 3.82. The molecule has 0 N–H and O–H groups in total. The average molecular weight is 525 g/mol. The molecule has 1 unspecified atom stereocenters. The van der Waals surface area contributed by atoms with Crippen molar-refractivity contribution in [1.29, 1.82) is 0 Å². The molecular formula is C19H22BrF3N3O4S+. The molecule has 1 aromatic carbocycles. The van der Waals surface area contributed by atoms with Crippen LogP contribution in [0.4, 0.5) is 18.9 Å². The van der Waals surface area contributed by atoms with Crippen molar-refractivity contribution in [3.8, 4) is 5.88 Å². The number of nitro groups is 1. The van der Waals surface area contributed by atoms with E-state index < -0.39 is 33.2 Å². The van der Waals surface area contributed by atoms with Crippen LogP contribution >= 0.6 is 15.9 Å². The number of rotatable bonds is 8. The van der Waals surface area contributed by atoms with Gasteiger partial charge in [-0.25, -0.2) is 4.98 Å². The van der Waals surface area contributed by atoms with Gasteiger partial charge in [-0.2, -0.15) is 13.2 Å². The van der Waals surface area contributed by atoms with Crippen molar-refractivity contribution < 1.29 is 27.0 Å². The van der Waals surface area contributed by atoms with Crippen molar-refractivity contribution in [1.82, 2.24) is 9.29 Å². The third kappa shape index (κ3) is 7.25. The number of para-hydroxylation sites is 1. The summed E-state index contributed by atoms with van der Waals surface area (Å²) in [6.45, 7) is 4.97. The summed E-state index contributed by atoms with van der Waals surface area (Å²) in [5, 5.41) is 11.6. The van der Waals surface area contributed by atoms with Crippen LogP contribution in [0.3, 0.4) is 0 Å². The van der Waals surface area contributed by atoms with E-state index in [0.717, 1.165) is 12.1 Å². The van der Waals surface area contributed by atoms with E-state index in [9.17, 15) is 27.5 Å². The summed E-state index contributed by atoms with van der Waals surface area (Å²) in [6.07, 6.45) is -4.63. The highest BCUT2D eigenvalue weighted by Gasteiger charge is 2.34. The van der Waals surface area contributed by atoms with Crippen LogP contribution in [0.1, 0.15) is 32.0 Å². The fourth-order valence-electron chi connectivity index (χ4n) is 2.62. The summed E-state index contributed by atoms with van der Waals surface area (Å²) in [7, 11) is -2.45. The van der Waals surface area contributed by atoms with E-state index >= 15 is 0 Å². The molecule has 31 heavy (non-hydrogen) atoms. The highest BCUT2D eigenvalue weighted by atomic mass is 79.9. The number of hydrogen-bond acceptors (Lipinski definition) is 5. The molecule has 2 aromatic rings. The van der Waals surface area contributed by atoms with Crippen molar-refractivity contribution in [2.24, 2.45) is 0 Å². The van der Waals surface area contributed by atoms with E-state index in [4.69, 9.17) is 4.74 Å². The zero-order valence-electron chi connectivity index (χ0n) is 17.0. The summed E-state index contributed by atoms with van der Waals surface area (Å²) in [5.41, 5.74) is -2.06. The molecule has 0 aliphatic heterocycles. The van der Waals surface area contributed by atoms with Crippen LogP contribution in [-0.4, -0.2) is 31.7 Å². The molecule has 0 saturated heterocycles. The molecule has 0 saturated carbocycles. The first kappa shape index (κ1) is 25.2. The maximum atomic E-state index is 13.4. The van der Waals surface area contributed by atoms with Crippen molar-refractivity contribution >= 4 is 32.6 Å². The number of alkyl halides is 4. The second-order valence-electron chi connectivity index (χ2n) is 7.49. The summed E-state index contributed by atoms with van der Waals surface area (Å²) in [4.78, 5) is 14.8. The lowest BCUT2D eigenvalue weighted by atomic mass is 10.2. The highest BCUT2D eigenvalue weighted by Crippen LogP contribution is 2.33. The largest absolute Gasteiger partial charge is 0.472 e. The maximum Gasteiger partial charge on any atom is 0.416 e. The SMILES string of the molecule is CC(C)(C)Oc1cc(C(F)(F)F)cc(CN(CCBr)[SH+](=O)c2ccccc2[N+](=O)[O-])n1. The molecule has 1 atom stereocenters. The number of ether oxygens (including phenoxy) is 1. The van der Waals surface area contributed by atoms with Crippen LogP contribution in [0.25, 0.3) is 0 Å². The number of nitro benzene ring substituents is 1. The van der Waals surface area contributed by atoms with E-state index in [1.807, 2.05) is 0 Å². The van der Waals surface area contributed by atoms with Gasteiger partial charge in [0.25, 0.3) is 4.90 Å². The summed E-state index contributed by atoms with van der Waals surface area (Å²) in [5.74, 6) is -0.211. The zero-order valence-corrected chi connectivity index (χ0v) is 19.5. The van der Waals surface area contributed by atoms with Crippen molar-refractivity contribution in [3.63, 3.8) is 0 Å². The van der Waals surface area contributed by atoms with Gasteiger partial charge in [-0.3, -0.25) is 10.1 Å². The minimum atomic E-state index is -4.63. The first-order chi connectivity index (χ1) is 14.3. The normalized spacial score (nSPS) is 13.3. The Morgan fingerprint density at radius 3 is 2.42 bits per heavy atom. The van der Waals surface area contributed by atoms with Crippen LogP contribution in [0.15, 0.2) is 41.3 Å². The second kappa shape index (κ2) is 10.0. The van der Waals surface area contributed by atoms with Gasteiger partial charge >= 0.3 is 11.9 Å². The predicted octanol–water partition coefficient (Wildman–Crippen LogP) is 5.05. The third-order valence-corrected chi connectivity index (χ3v) is 5.82. The van der Waals surface area contributed by atoms with Crippen LogP contribution in [0.2, 0.25) is 0 Å². The lowest BCUT2D eigenvalue weighted by Crippen LogP contribution is -2.29. The van der Waals surface area contributed by atoms with Gasteiger partial charge in [-0.1, -0.05) is 32.3 Å². The lowest BCUT2D eigenvalue weighted by Gasteiger charge is -2.22. The Morgan fingerprint density at radius 2 is 1.87 bits per heavy atom.